The number of urea groups is 1. The van der Waals surface area contributed by atoms with Crippen LogP contribution in [0.5, 0.6) is 0 Å². The smallest absolute Gasteiger partial charge is 0.305 e. The minimum absolute atomic E-state index is 0.0674. The number of thioether (sulfide) groups is 1. The van der Waals surface area contributed by atoms with Gasteiger partial charge in [0.2, 0.25) is 0 Å². The van der Waals surface area contributed by atoms with Crippen LogP contribution >= 0.6 is 23.1 Å². The van der Waals surface area contributed by atoms with Gasteiger partial charge in [0.05, 0.1) is 11.4 Å². The van der Waals surface area contributed by atoms with Crippen LogP contribution in [0.4, 0.5) is 15.6 Å². The third-order valence-electron chi connectivity index (χ3n) is 5.35. The van der Waals surface area contributed by atoms with Gasteiger partial charge < -0.3 is 5.32 Å². The van der Waals surface area contributed by atoms with Crippen molar-refractivity contribution in [3.05, 3.63) is 60.0 Å². The Bertz CT molecular complexity index is 1290. The number of nitrogens with zero attached hydrogens (tertiary/aromatic N) is 2. The van der Waals surface area contributed by atoms with Crippen LogP contribution in [0.3, 0.4) is 0 Å². The second-order valence-corrected chi connectivity index (χ2v) is 12.2. The van der Waals surface area contributed by atoms with E-state index in [1.54, 1.807) is 12.1 Å². The Labute approximate surface area is 206 Å². The maximum absolute atomic E-state index is 12.8. The van der Waals surface area contributed by atoms with Gasteiger partial charge >= 0.3 is 6.03 Å². The molecule has 2 amide bonds. The van der Waals surface area contributed by atoms with E-state index in [9.17, 15) is 18.0 Å². The fourth-order valence-corrected chi connectivity index (χ4v) is 6.92. The SMILES string of the molecule is CS(=O)(=O)c1sc(NC(=O)Nc2cccnc2C(=O)C2CCCC2)nc1CSc1ccccc1. The fraction of sp³-hybridized carbons (Fsp3) is 0.304. The Hall–Kier alpha value is -2.76. The molecule has 1 aromatic carbocycles. The van der Waals surface area contributed by atoms with Crippen molar-refractivity contribution in [2.75, 3.05) is 16.9 Å². The van der Waals surface area contributed by atoms with Gasteiger partial charge in [0, 0.05) is 29.0 Å². The summed E-state index contributed by atoms with van der Waals surface area (Å²) in [6.07, 6.45) is 6.35. The number of ketones is 1. The number of thiazole rings is 1. The lowest BCUT2D eigenvalue weighted by Crippen LogP contribution is -2.22. The molecule has 0 aliphatic heterocycles. The summed E-state index contributed by atoms with van der Waals surface area (Å²) in [6.45, 7) is 0. The van der Waals surface area contributed by atoms with Crippen LogP contribution in [0.25, 0.3) is 0 Å². The number of pyridine rings is 1. The van der Waals surface area contributed by atoms with Gasteiger partial charge in [0.15, 0.2) is 20.8 Å². The average molecular weight is 517 g/mol. The first kappa shape index (κ1) is 24.4. The first-order chi connectivity index (χ1) is 16.3. The minimum Gasteiger partial charge on any atom is -0.305 e. The molecule has 178 valence electrons. The minimum atomic E-state index is -3.52. The van der Waals surface area contributed by atoms with Crippen molar-refractivity contribution in [1.82, 2.24) is 9.97 Å². The quantitative estimate of drug-likeness (QED) is 0.310. The molecule has 11 heteroatoms. The molecule has 0 bridgehead atoms. The lowest BCUT2D eigenvalue weighted by molar-refractivity contribution is 0.0918. The van der Waals surface area contributed by atoms with E-state index in [1.165, 1.54) is 18.0 Å². The predicted molar refractivity (Wildman–Crippen MR) is 134 cm³/mol. The Morgan fingerprint density at radius 1 is 1.09 bits per heavy atom. The topological polar surface area (TPSA) is 118 Å². The lowest BCUT2D eigenvalue weighted by atomic mass is 9.99. The van der Waals surface area contributed by atoms with E-state index in [4.69, 9.17) is 0 Å². The molecular weight excluding hydrogens is 492 g/mol. The zero-order chi connectivity index (χ0) is 24.1. The maximum atomic E-state index is 12.8. The van der Waals surface area contributed by atoms with Gasteiger partial charge in [-0.05, 0) is 37.1 Å². The number of rotatable bonds is 8. The molecule has 0 saturated heterocycles. The molecule has 1 fully saturated rings. The summed E-state index contributed by atoms with van der Waals surface area (Å²) in [5.41, 5.74) is 0.937. The molecule has 34 heavy (non-hydrogen) atoms. The molecule has 4 rings (SSSR count). The van der Waals surface area contributed by atoms with Crippen molar-refractivity contribution < 1.29 is 18.0 Å². The number of hydrogen-bond acceptors (Lipinski definition) is 8. The number of sulfone groups is 1. The van der Waals surface area contributed by atoms with Gasteiger partial charge in [-0.3, -0.25) is 15.1 Å². The van der Waals surface area contributed by atoms with Crippen LogP contribution in [0, 0.1) is 5.92 Å². The summed E-state index contributed by atoms with van der Waals surface area (Å²) >= 11 is 2.37. The zero-order valence-electron chi connectivity index (χ0n) is 18.5. The van der Waals surface area contributed by atoms with Crippen molar-refractivity contribution in [2.24, 2.45) is 5.92 Å². The van der Waals surface area contributed by atoms with Crippen LogP contribution in [0.2, 0.25) is 0 Å². The molecule has 3 aromatic rings. The number of carbonyl (C=O) groups is 2. The van der Waals surface area contributed by atoms with E-state index in [0.29, 0.717) is 17.1 Å². The highest BCUT2D eigenvalue weighted by Crippen LogP contribution is 2.33. The number of Topliss-reactive ketones (excluding diaryl/α,β-unsaturated/α-hetero) is 1. The number of anilines is 2. The molecule has 8 nitrogen and oxygen atoms in total. The first-order valence-corrected chi connectivity index (χ1v) is 14.5. The molecule has 2 N–H and O–H groups in total. The summed E-state index contributed by atoms with van der Waals surface area (Å²) in [7, 11) is -3.52. The molecule has 0 spiro atoms. The van der Waals surface area contributed by atoms with E-state index >= 15 is 0 Å². The molecule has 0 unspecified atom stereocenters. The fourth-order valence-electron chi connectivity index (χ4n) is 3.78. The molecule has 2 heterocycles. The number of amides is 2. The highest BCUT2D eigenvalue weighted by Gasteiger charge is 2.27. The first-order valence-electron chi connectivity index (χ1n) is 10.8. The zero-order valence-corrected chi connectivity index (χ0v) is 20.9. The number of aromatic nitrogens is 2. The Morgan fingerprint density at radius 3 is 2.53 bits per heavy atom. The molecule has 1 saturated carbocycles. The molecular formula is C23H24N4O4S3. The molecule has 0 radical (unpaired) electrons. The largest absolute Gasteiger partial charge is 0.325 e. The van der Waals surface area contributed by atoms with Crippen molar-refractivity contribution in [1.29, 1.82) is 0 Å². The highest BCUT2D eigenvalue weighted by molar-refractivity contribution is 7.98. The Morgan fingerprint density at radius 2 is 1.82 bits per heavy atom. The Balaban J connectivity index is 1.48. The van der Waals surface area contributed by atoms with E-state index in [1.807, 2.05) is 30.3 Å². The highest BCUT2D eigenvalue weighted by atomic mass is 32.2. The standard InChI is InChI=1S/C23H24N4O4S3/c1-34(30,31)21-18(14-32-16-10-3-2-4-11-16)26-23(33-21)27-22(29)25-17-12-7-13-24-19(17)20(28)15-8-5-6-9-15/h2-4,7,10-13,15H,5-6,8-9,14H2,1H3,(H2,25,26,27,29). The monoisotopic (exact) mass is 516 g/mol. The third-order valence-corrected chi connectivity index (χ3v) is 9.25. The normalized spacial score (nSPS) is 14.1. The molecule has 2 aromatic heterocycles. The van der Waals surface area contributed by atoms with Crippen molar-refractivity contribution >= 4 is 55.6 Å². The van der Waals surface area contributed by atoms with Gasteiger partial charge in [-0.15, -0.1) is 11.8 Å². The summed E-state index contributed by atoms with van der Waals surface area (Å²) in [4.78, 5) is 35.1. The van der Waals surface area contributed by atoms with E-state index in [0.717, 1.165) is 48.2 Å². The van der Waals surface area contributed by atoms with Gasteiger partial charge in [0.1, 0.15) is 9.90 Å². The average Bonchev–Trinajstić information content (AvgIpc) is 3.48. The summed E-state index contributed by atoms with van der Waals surface area (Å²) < 4.78 is 24.7. The van der Waals surface area contributed by atoms with Gasteiger partial charge in [0.25, 0.3) is 0 Å². The second kappa shape index (κ2) is 10.7. The number of benzene rings is 1. The van der Waals surface area contributed by atoms with Crippen molar-refractivity contribution in [2.45, 2.75) is 40.5 Å². The van der Waals surface area contributed by atoms with Crippen LogP contribution in [0.1, 0.15) is 41.9 Å². The van der Waals surface area contributed by atoms with E-state index in [-0.39, 0.29) is 26.7 Å². The third kappa shape index (κ3) is 6.02. The van der Waals surface area contributed by atoms with Gasteiger partial charge in [-0.2, -0.15) is 0 Å². The van der Waals surface area contributed by atoms with E-state index in [2.05, 4.69) is 20.6 Å². The number of hydrogen-bond donors (Lipinski definition) is 2. The number of nitrogens with one attached hydrogen (secondary N) is 2. The second-order valence-electron chi connectivity index (χ2n) is 7.95. The van der Waals surface area contributed by atoms with Gasteiger partial charge in [-0.1, -0.05) is 42.4 Å². The molecule has 1 aliphatic carbocycles. The Kier molecular flexibility index (Phi) is 7.64. The van der Waals surface area contributed by atoms with Crippen molar-refractivity contribution in [3.8, 4) is 0 Å². The number of carbonyl (C=O) groups excluding carboxylic acids is 2. The van der Waals surface area contributed by atoms with Crippen LogP contribution in [0.15, 0.2) is 57.8 Å². The van der Waals surface area contributed by atoms with Crippen molar-refractivity contribution in [3.63, 3.8) is 0 Å². The lowest BCUT2D eigenvalue weighted by Gasteiger charge is -2.12. The summed E-state index contributed by atoms with van der Waals surface area (Å²) in [6, 6.07) is 12.2. The summed E-state index contributed by atoms with van der Waals surface area (Å²) in [5, 5.41) is 5.43. The molecule has 0 atom stereocenters. The molecule has 1 aliphatic rings. The van der Waals surface area contributed by atoms with E-state index < -0.39 is 15.9 Å². The van der Waals surface area contributed by atoms with Crippen LogP contribution < -0.4 is 10.6 Å². The van der Waals surface area contributed by atoms with Crippen LogP contribution in [-0.2, 0) is 15.6 Å². The van der Waals surface area contributed by atoms with Gasteiger partial charge in [-0.25, -0.2) is 18.2 Å². The summed E-state index contributed by atoms with van der Waals surface area (Å²) in [5.74, 6) is 0.205. The van der Waals surface area contributed by atoms with Crippen LogP contribution in [-0.4, -0.2) is 36.5 Å². The predicted octanol–water partition coefficient (Wildman–Crippen LogP) is 5.25. The maximum Gasteiger partial charge on any atom is 0.325 e.